The predicted octanol–water partition coefficient (Wildman–Crippen LogP) is 4.24. The Morgan fingerprint density at radius 3 is 2.50 bits per heavy atom. The molecular weight excluding hydrogens is 144 g/mol. The van der Waals surface area contributed by atoms with Crippen LogP contribution in [0.25, 0.3) is 0 Å². The molecule has 0 heteroatoms. The summed E-state index contributed by atoms with van der Waals surface area (Å²) in [7, 11) is 0. The van der Waals surface area contributed by atoms with Crippen LogP contribution in [-0.2, 0) is 0 Å². The Morgan fingerprint density at radius 2 is 1.83 bits per heavy atom. The van der Waals surface area contributed by atoms with Gasteiger partial charge in [0.1, 0.15) is 0 Å². The highest BCUT2D eigenvalue weighted by molar-refractivity contribution is 4.85. The molecular formula is C12H20. The lowest BCUT2D eigenvalue weighted by Gasteiger charge is -1.88. The highest BCUT2D eigenvalue weighted by atomic mass is 13.8. The van der Waals surface area contributed by atoms with Crippen LogP contribution in [0.15, 0.2) is 30.0 Å². The standard InChI is InChI=1S/C12H20/c1-3-5-7-9-11-12-10-8-6-4-2/h3,7-8,10H,4,6,9,11-12H2,1-2H3. The van der Waals surface area contributed by atoms with Crippen molar-refractivity contribution in [3.63, 3.8) is 0 Å². The van der Waals surface area contributed by atoms with Gasteiger partial charge in [0.15, 0.2) is 0 Å². The number of hydrogen-bond donors (Lipinski definition) is 0. The Balaban J connectivity index is 3.15. The third kappa shape index (κ3) is 9.26. The second-order valence-corrected chi connectivity index (χ2v) is 2.85. The third-order valence-corrected chi connectivity index (χ3v) is 1.63. The van der Waals surface area contributed by atoms with E-state index in [4.69, 9.17) is 0 Å². The maximum atomic E-state index is 3.08. The summed E-state index contributed by atoms with van der Waals surface area (Å²) in [6.45, 7) is 4.21. The summed E-state index contributed by atoms with van der Waals surface area (Å²) in [5.41, 5.74) is 3.08. The molecule has 0 heterocycles. The van der Waals surface area contributed by atoms with Crippen LogP contribution < -0.4 is 0 Å². The average Bonchev–Trinajstić information content (AvgIpc) is 2.10. The molecule has 68 valence electrons. The van der Waals surface area contributed by atoms with E-state index in [1.165, 1.54) is 25.7 Å². The first kappa shape index (κ1) is 11.3. The predicted molar refractivity (Wildman–Crippen MR) is 56.2 cm³/mol. The van der Waals surface area contributed by atoms with E-state index in [9.17, 15) is 0 Å². The van der Waals surface area contributed by atoms with E-state index in [0.29, 0.717) is 0 Å². The Labute approximate surface area is 76.7 Å². The minimum atomic E-state index is 1.15. The minimum Gasteiger partial charge on any atom is -0.130 e. The first-order chi connectivity index (χ1) is 5.91. The summed E-state index contributed by atoms with van der Waals surface area (Å²) in [4.78, 5) is 0. The van der Waals surface area contributed by atoms with Crippen molar-refractivity contribution < 1.29 is 0 Å². The molecule has 0 saturated heterocycles. The van der Waals surface area contributed by atoms with Crippen molar-refractivity contribution in [3.8, 4) is 0 Å². The topological polar surface area (TPSA) is 0 Å². The van der Waals surface area contributed by atoms with Crippen molar-refractivity contribution in [1.82, 2.24) is 0 Å². The molecule has 0 amide bonds. The minimum absolute atomic E-state index is 1.15. The van der Waals surface area contributed by atoms with Gasteiger partial charge >= 0.3 is 0 Å². The van der Waals surface area contributed by atoms with Gasteiger partial charge in [-0.05, 0) is 44.8 Å². The van der Waals surface area contributed by atoms with Gasteiger partial charge in [0.25, 0.3) is 0 Å². The average molecular weight is 164 g/mol. The molecule has 0 spiro atoms. The maximum Gasteiger partial charge on any atom is -0.0272 e. The molecule has 0 fully saturated rings. The first-order valence-electron chi connectivity index (χ1n) is 4.92. The van der Waals surface area contributed by atoms with Crippen molar-refractivity contribution >= 4 is 0 Å². The second kappa shape index (κ2) is 10.3. The number of unbranched alkanes of at least 4 members (excludes halogenated alkanes) is 3. The zero-order chi connectivity index (χ0) is 9.07. The van der Waals surface area contributed by atoms with Crippen LogP contribution in [0.3, 0.4) is 0 Å². The van der Waals surface area contributed by atoms with Gasteiger partial charge < -0.3 is 0 Å². The van der Waals surface area contributed by atoms with Crippen LogP contribution in [0.5, 0.6) is 0 Å². The van der Waals surface area contributed by atoms with Crippen molar-refractivity contribution in [1.29, 1.82) is 0 Å². The zero-order valence-corrected chi connectivity index (χ0v) is 8.34. The monoisotopic (exact) mass is 164 g/mol. The summed E-state index contributed by atoms with van der Waals surface area (Å²) < 4.78 is 0. The smallest absolute Gasteiger partial charge is 0.0272 e. The van der Waals surface area contributed by atoms with Crippen LogP contribution in [-0.4, -0.2) is 0 Å². The van der Waals surface area contributed by atoms with Gasteiger partial charge in [0.2, 0.25) is 0 Å². The van der Waals surface area contributed by atoms with Gasteiger partial charge in [-0.3, -0.25) is 0 Å². The molecule has 0 unspecified atom stereocenters. The van der Waals surface area contributed by atoms with Crippen molar-refractivity contribution in [2.24, 2.45) is 0 Å². The van der Waals surface area contributed by atoms with Crippen molar-refractivity contribution in [2.45, 2.75) is 46.0 Å². The molecule has 0 aromatic carbocycles. The van der Waals surface area contributed by atoms with Crippen LogP contribution in [0.1, 0.15) is 46.0 Å². The lowest BCUT2D eigenvalue weighted by molar-refractivity contribution is 0.859. The molecule has 0 bridgehead atoms. The summed E-state index contributed by atoms with van der Waals surface area (Å²) in [6.07, 6.45) is 14.7. The number of hydrogen-bond acceptors (Lipinski definition) is 0. The lowest BCUT2D eigenvalue weighted by Crippen LogP contribution is -1.68. The van der Waals surface area contributed by atoms with Gasteiger partial charge in [0, 0.05) is 0 Å². The molecule has 0 saturated carbocycles. The largest absolute Gasteiger partial charge is 0.130 e. The van der Waals surface area contributed by atoms with Crippen LogP contribution >= 0.6 is 0 Å². The van der Waals surface area contributed by atoms with E-state index < -0.39 is 0 Å². The highest BCUT2D eigenvalue weighted by Gasteiger charge is 1.79. The lowest BCUT2D eigenvalue weighted by atomic mass is 10.2. The highest BCUT2D eigenvalue weighted by Crippen LogP contribution is 1.98. The molecule has 0 atom stereocenters. The van der Waals surface area contributed by atoms with E-state index in [1.807, 2.05) is 13.0 Å². The zero-order valence-electron chi connectivity index (χ0n) is 8.34. The Morgan fingerprint density at radius 1 is 1.08 bits per heavy atom. The van der Waals surface area contributed by atoms with Gasteiger partial charge in [-0.25, -0.2) is 0 Å². The number of allylic oxidation sites excluding steroid dienone is 3. The molecule has 0 nitrogen and oxygen atoms in total. The van der Waals surface area contributed by atoms with E-state index in [0.717, 1.165) is 6.42 Å². The van der Waals surface area contributed by atoms with Crippen LogP contribution in [0.4, 0.5) is 0 Å². The molecule has 12 heavy (non-hydrogen) atoms. The van der Waals surface area contributed by atoms with Crippen LogP contribution in [0.2, 0.25) is 0 Å². The normalized spacial score (nSPS) is 9.83. The van der Waals surface area contributed by atoms with Crippen molar-refractivity contribution in [2.75, 3.05) is 0 Å². The van der Waals surface area contributed by atoms with E-state index in [2.05, 4.69) is 30.9 Å². The fourth-order valence-corrected chi connectivity index (χ4v) is 0.941. The molecule has 0 aliphatic rings. The summed E-state index contributed by atoms with van der Waals surface area (Å²) in [5.74, 6) is 0. The Kier molecular flexibility index (Phi) is 9.63. The summed E-state index contributed by atoms with van der Waals surface area (Å²) >= 11 is 0. The molecule has 0 aromatic rings. The molecule has 0 aliphatic heterocycles. The van der Waals surface area contributed by atoms with Gasteiger partial charge in [-0.1, -0.05) is 25.5 Å². The fourth-order valence-electron chi connectivity index (χ4n) is 0.941. The molecule has 0 N–H and O–H groups in total. The third-order valence-electron chi connectivity index (χ3n) is 1.63. The quantitative estimate of drug-likeness (QED) is 0.313. The van der Waals surface area contributed by atoms with E-state index in [-0.39, 0.29) is 0 Å². The maximum absolute atomic E-state index is 3.08. The van der Waals surface area contributed by atoms with Crippen LogP contribution in [0, 0.1) is 0 Å². The molecule has 0 aromatic heterocycles. The first-order valence-corrected chi connectivity index (χ1v) is 4.92. The second-order valence-electron chi connectivity index (χ2n) is 2.85. The van der Waals surface area contributed by atoms with Gasteiger partial charge in [-0.15, -0.1) is 5.73 Å². The molecule has 0 rings (SSSR count). The van der Waals surface area contributed by atoms with Gasteiger partial charge in [0.05, 0.1) is 0 Å². The SMILES string of the molecule is CC=C=CCCCC=CCCC. The van der Waals surface area contributed by atoms with E-state index in [1.54, 1.807) is 0 Å². The molecule has 0 radical (unpaired) electrons. The Bertz CT molecular complexity index is 157. The molecule has 0 aliphatic carbocycles. The summed E-state index contributed by atoms with van der Waals surface area (Å²) in [6, 6.07) is 0. The van der Waals surface area contributed by atoms with Crippen molar-refractivity contribution in [3.05, 3.63) is 30.0 Å². The van der Waals surface area contributed by atoms with Gasteiger partial charge in [-0.2, -0.15) is 0 Å². The Hall–Kier alpha value is -0.740. The fraction of sp³-hybridized carbons (Fsp3) is 0.583. The van der Waals surface area contributed by atoms with E-state index >= 15 is 0 Å². The number of rotatable bonds is 6. The summed E-state index contributed by atoms with van der Waals surface area (Å²) in [5, 5.41) is 0.